The molecule has 1 saturated carbocycles. The molecular weight excluding hydrogens is 304 g/mol. The van der Waals surface area contributed by atoms with E-state index in [1.165, 1.54) is 0 Å². The SMILES string of the molecule is COc1ccc(C)cc1[C@H](C)NC(=O)[C@H](C)NC(=O)C1CCCC1. The second-order valence-corrected chi connectivity index (χ2v) is 6.69. The number of carbonyl (C=O) groups is 2. The average Bonchev–Trinajstić information content (AvgIpc) is 3.09. The Morgan fingerprint density at radius 1 is 1.17 bits per heavy atom. The van der Waals surface area contributed by atoms with Crippen LogP contribution < -0.4 is 15.4 Å². The number of methoxy groups -OCH3 is 1. The highest BCUT2D eigenvalue weighted by Crippen LogP contribution is 2.26. The van der Waals surface area contributed by atoms with E-state index in [0.717, 1.165) is 42.6 Å². The van der Waals surface area contributed by atoms with Crippen LogP contribution in [0.3, 0.4) is 0 Å². The maximum absolute atomic E-state index is 12.4. The van der Waals surface area contributed by atoms with Crippen LogP contribution in [-0.4, -0.2) is 25.0 Å². The molecule has 2 amide bonds. The standard InChI is InChI=1S/C19H28N2O3/c1-12-9-10-17(24-4)16(11-12)13(2)20-18(22)14(3)21-19(23)15-7-5-6-8-15/h9-11,13-15H,5-8H2,1-4H3,(H,20,22)(H,21,23)/t13-,14-/m0/s1. The second-order valence-electron chi connectivity index (χ2n) is 6.69. The van der Waals surface area contributed by atoms with Gasteiger partial charge in [-0.3, -0.25) is 9.59 Å². The van der Waals surface area contributed by atoms with E-state index in [1.54, 1.807) is 14.0 Å². The molecule has 0 aromatic heterocycles. The molecule has 1 aliphatic rings. The molecule has 2 atom stereocenters. The summed E-state index contributed by atoms with van der Waals surface area (Å²) >= 11 is 0. The molecule has 0 unspecified atom stereocenters. The first-order valence-electron chi connectivity index (χ1n) is 8.67. The number of aryl methyl sites for hydroxylation is 1. The smallest absolute Gasteiger partial charge is 0.242 e. The highest BCUT2D eigenvalue weighted by Gasteiger charge is 2.26. The quantitative estimate of drug-likeness (QED) is 0.842. The van der Waals surface area contributed by atoms with Crippen molar-refractivity contribution in [2.24, 2.45) is 5.92 Å². The normalized spacial score (nSPS) is 17.2. The molecule has 0 aliphatic heterocycles. The van der Waals surface area contributed by atoms with Crippen molar-refractivity contribution < 1.29 is 14.3 Å². The van der Waals surface area contributed by atoms with Gasteiger partial charge in [0, 0.05) is 11.5 Å². The fourth-order valence-electron chi connectivity index (χ4n) is 3.19. The summed E-state index contributed by atoms with van der Waals surface area (Å²) in [4.78, 5) is 24.5. The first-order chi connectivity index (χ1) is 11.4. The van der Waals surface area contributed by atoms with Gasteiger partial charge in [0.05, 0.1) is 13.2 Å². The van der Waals surface area contributed by atoms with E-state index >= 15 is 0 Å². The van der Waals surface area contributed by atoms with Gasteiger partial charge in [-0.2, -0.15) is 0 Å². The van der Waals surface area contributed by atoms with Gasteiger partial charge >= 0.3 is 0 Å². The van der Waals surface area contributed by atoms with Crippen molar-refractivity contribution in [1.29, 1.82) is 0 Å². The highest BCUT2D eigenvalue weighted by atomic mass is 16.5. The number of amides is 2. The van der Waals surface area contributed by atoms with Crippen molar-refractivity contribution in [2.45, 2.75) is 58.5 Å². The molecule has 1 fully saturated rings. The maximum atomic E-state index is 12.4. The third kappa shape index (κ3) is 4.49. The van der Waals surface area contributed by atoms with Gasteiger partial charge in [0.25, 0.3) is 0 Å². The fraction of sp³-hybridized carbons (Fsp3) is 0.579. The lowest BCUT2D eigenvalue weighted by molar-refractivity contribution is -0.131. The molecule has 0 saturated heterocycles. The Bertz CT molecular complexity index is 594. The molecule has 132 valence electrons. The highest BCUT2D eigenvalue weighted by molar-refractivity contribution is 5.88. The monoisotopic (exact) mass is 332 g/mol. The molecule has 0 spiro atoms. The predicted molar refractivity (Wildman–Crippen MR) is 93.9 cm³/mol. The summed E-state index contributed by atoms with van der Waals surface area (Å²) in [6.45, 7) is 5.64. The molecule has 24 heavy (non-hydrogen) atoms. The topological polar surface area (TPSA) is 67.4 Å². The van der Waals surface area contributed by atoms with Crippen LogP contribution in [0.15, 0.2) is 18.2 Å². The minimum Gasteiger partial charge on any atom is -0.496 e. The van der Waals surface area contributed by atoms with Crippen LogP contribution in [-0.2, 0) is 9.59 Å². The van der Waals surface area contributed by atoms with Crippen LogP contribution in [0.5, 0.6) is 5.75 Å². The van der Waals surface area contributed by atoms with E-state index in [2.05, 4.69) is 10.6 Å². The molecule has 5 heteroatoms. The molecule has 0 heterocycles. The van der Waals surface area contributed by atoms with Crippen molar-refractivity contribution >= 4 is 11.8 Å². The lowest BCUT2D eigenvalue weighted by Gasteiger charge is -2.21. The van der Waals surface area contributed by atoms with Gasteiger partial charge in [0.1, 0.15) is 11.8 Å². The summed E-state index contributed by atoms with van der Waals surface area (Å²) in [6.07, 6.45) is 4.06. The van der Waals surface area contributed by atoms with E-state index in [0.29, 0.717) is 0 Å². The number of hydrogen-bond donors (Lipinski definition) is 2. The summed E-state index contributed by atoms with van der Waals surface area (Å²) < 4.78 is 5.37. The molecular formula is C19H28N2O3. The van der Waals surface area contributed by atoms with Crippen molar-refractivity contribution in [3.05, 3.63) is 29.3 Å². The van der Waals surface area contributed by atoms with Gasteiger partial charge in [0.15, 0.2) is 0 Å². The Morgan fingerprint density at radius 2 is 1.83 bits per heavy atom. The zero-order valence-corrected chi connectivity index (χ0v) is 15.0. The number of hydrogen-bond acceptors (Lipinski definition) is 3. The first-order valence-corrected chi connectivity index (χ1v) is 8.67. The third-order valence-electron chi connectivity index (χ3n) is 4.69. The minimum atomic E-state index is -0.545. The van der Waals surface area contributed by atoms with E-state index in [9.17, 15) is 9.59 Å². The van der Waals surface area contributed by atoms with E-state index in [-0.39, 0.29) is 23.8 Å². The minimum absolute atomic E-state index is 0.00376. The van der Waals surface area contributed by atoms with Crippen LogP contribution in [0, 0.1) is 12.8 Å². The van der Waals surface area contributed by atoms with Gasteiger partial charge in [-0.05, 0) is 39.7 Å². The van der Waals surface area contributed by atoms with Crippen molar-refractivity contribution in [2.75, 3.05) is 7.11 Å². The van der Waals surface area contributed by atoms with Gasteiger partial charge in [0.2, 0.25) is 11.8 Å². The zero-order chi connectivity index (χ0) is 17.7. The Morgan fingerprint density at radius 3 is 2.46 bits per heavy atom. The largest absolute Gasteiger partial charge is 0.496 e. The molecule has 1 aromatic carbocycles. The lowest BCUT2D eigenvalue weighted by atomic mass is 10.0. The van der Waals surface area contributed by atoms with Crippen molar-refractivity contribution in [3.63, 3.8) is 0 Å². The summed E-state index contributed by atoms with van der Waals surface area (Å²) in [5, 5.41) is 5.80. The van der Waals surface area contributed by atoms with Crippen LogP contribution in [0.4, 0.5) is 0 Å². The maximum Gasteiger partial charge on any atom is 0.242 e. The molecule has 5 nitrogen and oxygen atoms in total. The van der Waals surface area contributed by atoms with E-state index in [1.807, 2.05) is 32.0 Å². The molecule has 0 radical (unpaired) electrons. The average molecular weight is 332 g/mol. The van der Waals surface area contributed by atoms with Gasteiger partial charge in [-0.1, -0.05) is 30.5 Å². The predicted octanol–water partition coefficient (Wildman–Crippen LogP) is 2.88. The molecule has 1 aromatic rings. The fourth-order valence-corrected chi connectivity index (χ4v) is 3.19. The van der Waals surface area contributed by atoms with Crippen molar-refractivity contribution in [1.82, 2.24) is 10.6 Å². The van der Waals surface area contributed by atoms with Gasteiger partial charge in [-0.25, -0.2) is 0 Å². The summed E-state index contributed by atoms with van der Waals surface area (Å²) in [5.74, 6) is 0.624. The molecule has 2 rings (SSSR count). The second kappa shape index (κ2) is 8.18. The Hall–Kier alpha value is -2.04. The zero-order valence-electron chi connectivity index (χ0n) is 15.0. The Labute approximate surface area is 144 Å². The number of ether oxygens (including phenoxy) is 1. The summed E-state index contributed by atoms with van der Waals surface area (Å²) in [7, 11) is 1.62. The third-order valence-corrected chi connectivity index (χ3v) is 4.69. The molecule has 0 bridgehead atoms. The van der Waals surface area contributed by atoms with E-state index in [4.69, 9.17) is 4.74 Å². The number of rotatable bonds is 6. The van der Waals surface area contributed by atoms with E-state index < -0.39 is 6.04 Å². The number of nitrogens with one attached hydrogen (secondary N) is 2. The lowest BCUT2D eigenvalue weighted by Crippen LogP contribution is -2.47. The summed E-state index contributed by atoms with van der Waals surface area (Å²) in [6, 6.07) is 5.14. The van der Waals surface area contributed by atoms with Crippen LogP contribution >= 0.6 is 0 Å². The Kier molecular flexibility index (Phi) is 6.23. The number of carbonyl (C=O) groups excluding carboxylic acids is 2. The van der Waals surface area contributed by atoms with Crippen molar-refractivity contribution in [3.8, 4) is 5.75 Å². The molecule has 1 aliphatic carbocycles. The van der Waals surface area contributed by atoms with Gasteiger partial charge in [-0.15, -0.1) is 0 Å². The molecule has 2 N–H and O–H groups in total. The van der Waals surface area contributed by atoms with Crippen LogP contribution in [0.2, 0.25) is 0 Å². The van der Waals surface area contributed by atoms with Crippen LogP contribution in [0.25, 0.3) is 0 Å². The van der Waals surface area contributed by atoms with Gasteiger partial charge < -0.3 is 15.4 Å². The van der Waals surface area contributed by atoms with Crippen LogP contribution in [0.1, 0.15) is 56.7 Å². The first kappa shape index (κ1) is 18.3. The number of benzene rings is 1. The summed E-state index contributed by atoms with van der Waals surface area (Å²) in [5.41, 5.74) is 2.04. The Balaban J connectivity index is 1.95.